The molecule has 0 aliphatic heterocycles. The Balaban J connectivity index is 2.83. The molecule has 0 spiro atoms. The number of rotatable bonds is 1. The van der Waals surface area contributed by atoms with Crippen molar-refractivity contribution in [1.82, 2.24) is 0 Å². The highest BCUT2D eigenvalue weighted by Crippen LogP contribution is 1.84. The molecule has 0 bridgehead atoms. The zero-order valence-corrected chi connectivity index (χ0v) is 4.73. The molecule has 0 aromatic heterocycles. The van der Waals surface area contributed by atoms with Crippen LogP contribution in [0, 0.1) is 0 Å². The largest absolute Gasteiger partial charge is 0.157 e. The second-order valence-electron chi connectivity index (χ2n) is 0.680. The molecule has 0 N–H and O–H groups in total. The monoisotopic (exact) mass is 102 g/mol. The van der Waals surface area contributed by atoms with Crippen LogP contribution in [-0.4, -0.2) is 20.5 Å². The Morgan fingerprint density at radius 3 is 2.20 bits per heavy atom. The number of alkyl halides is 1. The van der Waals surface area contributed by atoms with Gasteiger partial charge in [0.1, 0.15) is 0 Å². The third kappa shape index (κ3) is 4.56. The summed E-state index contributed by atoms with van der Waals surface area (Å²) in [6.45, 7) is 3.41. The lowest BCUT2D eigenvalue weighted by atomic mass is 10.8. The van der Waals surface area contributed by atoms with Gasteiger partial charge in [-0.2, -0.15) is 0 Å². The summed E-state index contributed by atoms with van der Waals surface area (Å²) in [5.74, 6) is 0. The van der Waals surface area contributed by atoms with Gasteiger partial charge in [-0.3, -0.25) is 0 Å². The van der Waals surface area contributed by atoms with Crippen molar-refractivity contribution in [3.63, 3.8) is 0 Å². The Kier molecular flexibility index (Phi) is 3.09. The molecule has 0 saturated heterocycles. The highest BCUT2D eigenvalue weighted by molar-refractivity contribution is 6.41. The maximum absolute atomic E-state index is 5.31. The van der Waals surface area contributed by atoms with Gasteiger partial charge >= 0.3 is 0 Å². The predicted octanol–water partition coefficient (Wildman–Crippen LogP) is 0.906. The van der Waals surface area contributed by atoms with Crippen molar-refractivity contribution < 1.29 is 0 Å². The molecule has 0 heterocycles. The summed E-state index contributed by atoms with van der Waals surface area (Å²) in [6, 6.07) is 0. The third-order valence-electron chi connectivity index (χ3n) is 0.225. The van der Waals surface area contributed by atoms with Gasteiger partial charge in [0, 0.05) is 0 Å². The second kappa shape index (κ2) is 2.78. The Morgan fingerprint density at radius 2 is 2.20 bits per heavy atom. The molecule has 26 valence electrons. The summed E-state index contributed by atoms with van der Waals surface area (Å²) in [6.07, 6.45) is 1.65. The van der Waals surface area contributed by atoms with E-state index in [1.165, 1.54) is 0 Å². The Labute approximate surface area is 45.2 Å². The van der Waals surface area contributed by atoms with Gasteiger partial charge in [0.05, 0.1) is 0 Å². The average molecular weight is 102 g/mol. The van der Waals surface area contributed by atoms with Crippen LogP contribution in [0.1, 0.15) is 0 Å². The predicted molar refractivity (Wildman–Crippen MR) is 25.6 cm³/mol. The van der Waals surface area contributed by atoms with E-state index in [1.54, 1.807) is 6.08 Å². The molecule has 0 aliphatic rings. The Morgan fingerprint density at radius 1 is 2.00 bits per heavy atom. The SMILES string of the molecule is C=C[CH]([Al])Cl. The first-order valence-electron chi connectivity index (χ1n) is 1.29. The lowest BCUT2D eigenvalue weighted by Gasteiger charge is -1.82. The van der Waals surface area contributed by atoms with E-state index in [1.807, 2.05) is 0 Å². The van der Waals surface area contributed by atoms with E-state index >= 15 is 0 Å². The molecular weight excluding hydrogens is 98.5 g/mol. The van der Waals surface area contributed by atoms with Gasteiger partial charge in [-0.15, -0.1) is 18.2 Å². The van der Waals surface area contributed by atoms with Crippen LogP contribution in [0.5, 0.6) is 0 Å². The van der Waals surface area contributed by atoms with E-state index in [4.69, 9.17) is 11.6 Å². The van der Waals surface area contributed by atoms with Gasteiger partial charge in [0.15, 0.2) is 16.3 Å². The molecule has 0 aliphatic carbocycles. The molecule has 0 saturated carbocycles. The summed E-state index contributed by atoms with van der Waals surface area (Å²) < 4.78 is 0.0370. The molecule has 0 rings (SSSR count). The van der Waals surface area contributed by atoms with Crippen LogP contribution in [0.2, 0.25) is 0 Å². The fourth-order valence-electron chi connectivity index (χ4n) is 0. The van der Waals surface area contributed by atoms with Crippen LogP contribution >= 0.6 is 11.6 Å². The quantitative estimate of drug-likeness (QED) is 0.262. The minimum Gasteiger partial charge on any atom is -0.138 e. The molecule has 2 radical (unpaired) electrons. The molecule has 0 nitrogen and oxygen atoms in total. The van der Waals surface area contributed by atoms with Crippen LogP contribution in [-0.2, 0) is 0 Å². The fourth-order valence-corrected chi connectivity index (χ4v) is 0. The molecule has 2 heteroatoms. The number of halogens is 1. The lowest BCUT2D eigenvalue weighted by molar-refractivity contribution is 1.63. The topological polar surface area (TPSA) is 0 Å². The molecule has 5 heavy (non-hydrogen) atoms. The Bertz CT molecular complexity index is 33.9. The molecule has 0 aromatic carbocycles. The van der Waals surface area contributed by atoms with Gasteiger partial charge in [0.2, 0.25) is 0 Å². The van der Waals surface area contributed by atoms with Crippen molar-refractivity contribution >= 4 is 27.9 Å². The molecule has 1 unspecified atom stereocenters. The van der Waals surface area contributed by atoms with Crippen molar-refractivity contribution in [2.45, 2.75) is 4.24 Å². The van der Waals surface area contributed by atoms with E-state index < -0.39 is 0 Å². The van der Waals surface area contributed by atoms with Gasteiger partial charge in [-0.1, -0.05) is 6.08 Å². The summed E-state index contributed by atoms with van der Waals surface area (Å²) in [7, 11) is 0. The number of hydrogen-bond acceptors (Lipinski definition) is 0. The van der Waals surface area contributed by atoms with Crippen molar-refractivity contribution in [3.05, 3.63) is 12.7 Å². The molecule has 1 atom stereocenters. The summed E-state index contributed by atoms with van der Waals surface area (Å²) in [4.78, 5) is 0. The molecular formula is C3H4AlCl. The van der Waals surface area contributed by atoms with E-state index in [9.17, 15) is 0 Å². The minimum absolute atomic E-state index is 0.0370. The summed E-state index contributed by atoms with van der Waals surface area (Å²) in [5, 5.41) is 0. The van der Waals surface area contributed by atoms with Gasteiger partial charge in [-0.05, 0) is 4.24 Å². The van der Waals surface area contributed by atoms with Gasteiger partial charge < -0.3 is 0 Å². The maximum Gasteiger partial charge on any atom is 0.157 e. The van der Waals surface area contributed by atoms with Crippen molar-refractivity contribution in [2.75, 3.05) is 0 Å². The van der Waals surface area contributed by atoms with Gasteiger partial charge in [-0.25, -0.2) is 0 Å². The van der Waals surface area contributed by atoms with E-state index in [0.717, 1.165) is 0 Å². The standard InChI is InChI=1S/C3H4Cl.Al/c1-2-3-4;/h2-3H,1H2;. The first-order valence-corrected chi connectivity index (χ1v) is 2.40. The molecule has 0 amide bonds. The zero-order chi connectivity index (χ0) is 4.28. The summed E-state index contributed by atoms with van der Waals surface area (Å²) in [5.41, 5.74) is 0. The normalized spacial score (nSPS) is 13.8. The number of hydrogen-bond donors (Lipinski definition) is 0. The van der Waals surface area contributed by atoms with Crippen LogP contribution in [0.3, 0.4) is 0 Å². The van der Waals surface area contributed by atoms with Gasteiger partial charge in [0.25, 0.3) is 0 Å². The minimum atomic E-state index is 0.0370. The van der Waals surface area contributed by atoms with E-state index in [0.29, 0.717) is 0 Å². The van der Waals surface area contributed by atoms with Crippen LogP contribution in [0.25, 0.3) is 0 Å². The zero-order valence-electron chi connectivity index (χ0n) is 2.82. The first-order chi connectivity index (χ1) is 2.27. The second-order valence-corrected chi connectivity index (χ2v) is 2.32. The highest BCUT2D eigenvalue weighted by Gasteiger charge is 1.76. The van der Waals surface area contributed by atoms with Crippen molar-refractivity contribution in [2.24, 2.45) is 0 Å². The maximum atomic E-state index is 5.31. The first kappa shape index (κ1) is 5.56. The van der Waals surface area contributed by atoms with Crippen molar-refractivity contribution in [1.29, 1.82) is 0 Å². The van der Waals surface area contributed by atoms with Crippen LogP contribution in [0.15, 0.2) is 12.7 Å². The summed E-state index contributed by atoms with van der Waals surface area (Å²) >= 11 is 7.69. The molecule has 0 fully saturated rings. The fraction of sp³-hybridized carbons (Fsp3) is 0.333. The lowest BCUT2D eigenvalue weighted by Crippen LogP contribution is -1.85. The smallest absolute Gasteiger partial charge is 0.138 e. The highest BCUT2D eigenvalue weighted by atomic mass is 35.5. The Hall–Kier alpha value is 0.562. The number of allylic oxidation sites excluding steroid dienone is 1. The molecule has 0 aromatic rings. The van der Waals surface area contributed by atoms with Crippen LogP contribution < -0.4 is 0 Å². The third-order valence-corrected chi connectivity index (χ3v) is 0.676. The van der Waals surface area contributed by atoms with E-state index in [-0.39, 0.29) is 4.24 Å². The van der Waals surface area contributed by atoms with Crippen LogP contribution in [0.4, 0.5) is 0 Å². The average Bonchev–Trinajstić information content (AvgIpc) is 1.38. The van der Waals surface area contributed by atoms with Crippen molar-refractivity contribution in [3.8, 4) is 0 Å². The van der Waals surface area contributed by atoms with E-state index in [2.05, 4.69) is 22.9 Å².